The molecule has 0 radical (unpaired) electrons. The Labute approximate surface area is 98.2 Å². The Hall–Kier alpha value is 0.0700. The number of unbranched alkanes of at least 4 members (excludes halogenated alkanes) is 2. The van der Waals surface area contributed by atoms with Crippen LogP contribution in [0.4, 0.5) is 0 Å². The summed E-state index contributed by atoms with van der Waals surface area (Å²) in [5, 5.41) is 0. The van der Waals surface area contributed by atoms with Crippen LogP contribution in [0.5, 0.6) is 0 Å². The van der Waals surface area contributed by atoms with Crippen molar-refractivity contribution in [2.24, 2.45) is 0 Å². The molecule has 0 aromatic rings. The summed E-state index contributed by atoms with van der Waals surface area (Å²) in [4.78, 5) is 17.4. The molecule has 0 saturated heterocycles. The van der Waals surface area contributed by atoms with Gasteiger partial charge in [-0.15, -0.1) is 0 Å². The average molecular weight is 254 g/mol. The standard InChI is InChI=1S/C10H24NO4P/c1-5-6-7-8-10(11(2,3)4)9-15-16(12,13)14/h10H,5-9H2,1-4H3,(H-,12,13,14)/p+1. The highest BCUT2D eigenvalue weighted by Gasteiger charge is 2.27. The van der Waals surface area contributed by atoms with Crippen molar-refractivity contribution in [1.29, 1.82) is 0 Å². The quantitative estimate of drug-likeness (QED) is 0.393. The van der Waals surface area contributed by atoms with E-state index in [1.807, 2.05) is 21.1 Å². The Balaban J connectivity index is 4.17. The summed E-state index contributed by atoms with van der Waals surface area (Å²) < 4.78 is 15.9. The third kappa shape index (κ3) is 8.25. The van der Waals surface area contributed by atoms with Gasteiger partial charge in [-0.3, -0.25) is 4.52 Å². The largest absolute Gasteiger partial charge is 0.469 e. The predicted molar refractivity (Wildman–Crippen MR) is 64.0 cm³/mol. The van der Waals surface area contributed by atoms with Gasteiger partial charge in [-0.05, 0) is 6.42 Å². The van der Waals surface area contributed by atoms with Gasteiger partial charge < -0.3 is 14.3 Å². The predicted octanol–water partition coefficient (Wildman–Crippen LogP) is 1.75. The summed E-state index contributed by atoms with van der Waals surface area (Å²) in [6.45, 7) is 2.24. The first kappa shape index (κ1) is 16.1. The molecule has 0 heterocycles. The fraction of sp³-hybridized carbons (Fsp3) is 1.00. The molecule has 0 aromatic carbocycles. The van der Waals surface area contributed by atoms with Gasteiger partial charge in [0, 0.05) is 6.42 Å². The lowest BCUT2D eigenvalue weighted by Gasteiger charge is -2.34. The van der Waals surface area contributed by atoms with Crippen molar-refractivity contribution < 1.29 is 23.4 Å². The van der Waals surface area contributed by atoms with E-state index in [0.29, 0.717) is 4.48 Å². The second-order valence-corrected chi connectivity index (χ2v) is 6.29. The molecule has 0 aromatic heterocycles. The Kier molecular flexibility index (Phi) is 6.75. The number of hydrogen-bond acceptors (Lipinski definition) is 2. The number of hydrogen-bond donors (Lipinski definition) is 2. The van der Waals surface area contributed by atoms with Crippen LogP contribution in [-0.2, 0) is 9.09 Å². The number of likely N-dealkylation sites (N-methyl/N-ethyl adjacent to an activating group) is 1. The first-order valence-corrected chi connectivity index (χ1v) is 7.21. The molecular formula is C10H25NO4P+. The number of nitrogens with zero attached hydrogens (tertiary/aromatic N) is 1. The first-order valence-electron chi connectivity index (χ1n) is 5.68. The van der Waals surface area contributed by atoms with Crippen molar-refractivity contribution >= 4 is 7.82 Å². The molecule has 0 amide bonds. The van der Waals surface area contributed by atoms with Gasteiger partial charge in [0.05, 0.1) is 21.1 Å². The topological polar surface area (TPSA) is 66.8 Å². The maximum atomic E-state index is 10.7. The third-order valence-electron chi connectivity index (χ3n) is 2.67. The van der Waals surface area contributed by atoms with E-state index >= 15 is 0 Å². The van der Waals surface area contributed by atoms with Gasteiger partial charge in [0.15, 0.2) is 0 Å². The highest BCUT2D eigenvalue weighted by molar-refractivity contribution is 7.46. The molecule has 0 spiro atoms. The van der Waals surface area contributed by atoms with E-state index < -0.39 is 7.82 Å². The van der Waals surface area contributed by atoms with E-state index in [-0.39, 0.29) is 12.6 Å². The normalized spacial score (nSPS) is 15.1. The second kappa shape index (κ2) is 6.72. The third-order valence-corrected chi connectivity index (χ3v) is 3.16. The molecular weight excluding hydrogens is 229 g/mol. The average Bonchev–Trinajstić information content (AvgIpc) is 2.07. The molecule has 16 heavy (non-hydrogen) atoms. The minimum absolute atomic E-state index is 0.109. The van der Waals surface area contributed by atoms with Crippen molar-refractivity contribution in [2.75, 3.05) is 27.7 Å². The molecule has 0 fully saturated rings. The molecule has 1 atom stereocenters. The number of quaternary nitrogens is 1. The Bertz CT molecular complexity index is 233. The van der Waals surface area contributed by atoms with E-state index in [1.165, 1.54) is 0 Å². The van der Waals surface area contributed by atoms with Crippen LogP contribution < -0.4 is 0 Å². The van der Waals surface area contributed by atoms with Crippen LogP contribution in [0.15, 0.2) is 0 Å². The van der Waals surface area contributed by atoms with Gasteiger partial charge in [0.2, 0.25) is 0 Å². The SMILES string of the molecule is CCCCCC(COP(=O)(O)O)[N+](C)(C)C. The summed E-state index contributed by atoms with van der Waals surface area (Å²) in [7, 11) is 1.70. The molecule has 6 heteroatoms. The molecule has 2 N–H and O–H groups in total. The van der Waals surface area contributed by atoms with E-state index in [9.17, 15) is 4.57 Å². The maximum absolute atomic E-state index is 10.7. The second-order valence-electron chi connectivity index (χ2n) is 5.05. The summed E-state index contributed by atoms with van der Waals surface area (Å²) in [5.41, 5.74) is 0. The zero-order chi connectivity index (χ0) is 12.8. The van der Waals surface area contributed by atoms with Crippen LogP contribution in [0, 0.1) is 0 Å². The van der Waals surface area contributed by atoms with Gasteiger partial charge in [-0.1, -0.05) is 19.8 Å². The highest BCUT2D eigenvalue weighted by Crippen LogP contribution is 2.36. The van der Waals surface area contributed by atoms with Gasteiger partial charge in [0.1, 0.15) is 12.6 Å². The molecule has 0 bridgehead atoms. The smallest absolute Gasteiger partial charge is 0.327 e. The molecule has 0 aliphatic carbocycles. The fourth-order valence-electron chi connectivity index (χ4n) is 1.51. The van der Waals surface area contributed by atoms with Crippen LogP contribution in [-0.4, -0.2) is 48.1 Å². The lowest BCUT2D eigenvalue weighted by Crippen LogP contribution is -2.47. The molecule has 0 rings (SSSR count). The molecule has 1 unspecified atom stereocenters. The maximum Gasteiger partial charge on any atom is 0.469 e. The number of phosphoric acid groups is 1. The summed E-state index contributed by atoms with van der Waals surface area (Å²) >= 11 is 0. The minimum Gasteiger partial charge on any atom is -0.327 e. The first-order chi connectivity index (χ1) is 7.17. The molecule has 0 saturated carbocycles. The Morgan fingerprint density at radius 1 is 1.25 bits per heavy atom. The fourth-order valence-corrected chi connectivity index (χ4v) is 1.87. The Morgan fingerprint density at radius 3 is 2.19 bits per heavy atom. The minimum atomic E-state index is -4.34. The van der Waals surface area contributed by atoms with E-state index in [2.05, 4.69) is 11.4 Å². The van der Waals surface area contributed by atoms with Crippen LogP contribution >= 0.6 is 7.82 Å². The number of phosphoric ester groups is 1. The van der Waals surface area contributed by atoms with Crippen molar-refractivity contribution in [2.45, 2.75) is 38.6 Å². The van der Waals surface area contributed by atoms with Crippen LogP contribution in [0.2, 0.25) is 0 Å². The molecule has 0 aliphatic rings. The van der Waals surface area contributed by atoms with Crippen LogP contribution in [0.3, 0.4) is 0 Å². The zero-order valence-electron chi connectivity index (χ0n) is 10.7. The highest BCUT2D eigenvalue weighted by atomic mass is 31.2. The summed E-state index contributed by atoms with van der Waals surface area (Å²) in [6, 6.07) is 0.124. The van der Waals surface area contributed by atoms with Gasteiger partial charge in [0.25, 0.3) is 0 Å². The van der Waals surface area contributed by atoms with Crippen LogP contribution in [0.25, 0.3) is 0 Å². The van der Waals surface area contributed by atoms with Gasteiger partial charge in [-0.2, -0.15) is 0 Å². The molecule has 98 valence electrons. The number of rotatable bonds is 8. The van der Waals surface area contributed by atoms with E-state index in [0.717, 1.165) is 25.7 Å². The van der Waals surface area contributed by atoms with Gasteiger partial charge in [-0.25, -0.2) is 4.57 Å². The van der Waals surface area contributed by atoms with Crippen molar-refractivity contribution in [3.8, 4) is 0 Å². The summed E-state index contributed by atoms with van der Waals surface area (Å²) in [6.07, 6.45) is 4.29. The van der Waals surface area contributed by atoms with Crippen molar-refractivity contribution in [3.63, 3.8) is 0 Å². The monoisotopic (exact) mass is 254 g/mol. The van der Waals surface area contributed by atoms with Crippen LogP contribution in [0.1, 0.15) is 32.6 Å². The zero-order valence-corrected chi connectivity index (χ0v) is 11.6. The lowest BCUT2D eigenvalue weighted by molar-refractivity contribution is -0.896. The molecule has 0 aliphatic heterocycles. The molecule has 5 nitrogen and oxygen atoms in total. The van der Waals surface area contributed by atoms with Crippen molar-refractivity contribution in [1.82, 2.24) is 0 Å². The van der Waals surface area contributed by atoms with E-state index in [1.54, 1.807) is 0 Å². The van der Waals surface area contributed by atoms with E-state index in [4.69, 9.17) is 9.79 Å². The van der Waals surface area contributed by atoms with Crippen molar-refractivity contribution in [3.05, 3.63) is 0 Å². The Morgan fingerprint density at radius 2 is 1.81 bits per heavy atom. The van der Waals surface area contributed by atoms with Gasteiger partial charge >= 0.3 is 7.82 Å². The summed E-state index contributed by atoms with van der Waals surface area (Å²) in [5.74, 6) is 0. The lowest BCUT2D eigenvalue weighted by atomic mass is 10.1.